The first-order chi connectivity index (χ1) is 8.87. The Labute approximate surface area is 114 Å². The molecule has 0 amide bonds. The molecule has 3 heteroatoms. The molecule has 0 fully saturated rings. The molecular formula is C16H21NO2. The molecule has 19 heavy (non-hydrogen) atoms. The van der Waals surface area contributed by atoms with Gasteiger partial charge in [-0.15, -0.1) is 0 Å². The van der Waals surface area contributed by atoms with Crippen LogP contribution in [0, 0.1) is 6.92 Å². The lowest BCUT2D eigenvalue weighted by atomic mass is 10.1. The number of nitrogens with one attached hydrogen (secondary N) is 1. The normalized spacial score (nSPS) is 12.0. The van der Waals surface area contributed by atoms with Gasteiger partial charge in [-0.05, 0) is 39.3 Å². The van der Waals surface area contributed by atoms with Gasteiger partial charge in [-0.2, -0.15) is 0 Å². The Hall–Kier alpha value is -1.61. The summed E-state index contributed by atoms with van der Waals surface area (Å²) in [5.74, 6) is 0.507. The minimum atomic E-state index is 0.0325. The Morgan fingerprint density at radius 3 is 2.68 bits per heavy atom. The van der Waals surface area contributed by atoms with E-state index < -0.39 is 0 Å². The molecule has 102 valence electrons. The van der Waals surface area contributed by atoms with Crippen LogP contribution in [0.1, 0.15) is 43.3 Å². The fraction of sp³-hybridized carbons (Fsp3) is 0.438. The van der Waals surface area contributed by atoms with E-state index in [9.17, 15) is 4.79 Å². The van der Waals surface area contributed by atoms with Gasteiger partial charge in [0.1, 0.15) is 5.58 Å². The van der Waals surface area contributed by atoms with Gasteiger partial charge in [0, 0.05) is 23.9 Å². The van der Waals surface area contributed by atoms with Gasteiger partial charge in [0.15, 0.2) is 11.5 Å². The highest BCUT2D eigenvalue weighted by Gasteiger charge is 2.14. The SMILES string of the molecule is Cc1cccc2cc(C(=O)CCNC(C)(C)C)oc12. The molecule has 0 spiro atoms. The molecule has 0 atom stereocenters. The molecule has 0 radical (unpaired) electrons. The van der Waals surface area contributed by atoms with E-state index in [1.165, 1.54) is 0 Å². The van der Waals surface area contributed by atoms with E-state index in [1.54, 1.807) is 0 Å². The van der Waals surface area contributed by atoms with Gasteiger partial charge >= 0.3 is 0 Å². The van der Waals surface area contributed by atoms with Gasteiger partial charge in [0.25, 0.3) is 0 Å². The molecule has 0 aliphatic carbocycles. The number of aryl methyl sites for hydroxylation is 1. The lowest BCUT2D eigenvalue weighted by Crippen LogP contribution is -2.37. The van der Waals surface area contributed by atoms with Crippen molar-refractivity contribution in [2.24, 2.45) is 0 Å². The first-order valence-corrected chi connectivity index (χ1v) is 6.64. The van der Waals surface area contributed by atoms with E-state index in [-0.39, 0.29) is 11.3 Å². The highest BCUT2D eigenvalue weighted by Crippen LogP contribution is 2.23. The number of carbonyl (C=O) groups excluding carboxylic acids is 1. The van der Waals surface area contributed by atoms with Crippen molar-refractivity contribution in [1.29, 1.82) is 0 Å². The monoisotopic (exact) mass is 259 g/mol. The lowest BCUT2D eigenvalue weighted by molar-refractivity contribution is 0.0956. The summed E-state index contributed by atoms with van der Waals surface area (Å²) in [5, 5.41) is 4.30. The second-order valence-corrected chi connectivity index (χ2v) is 5.95. The summed E-state index contributed by atoms with van der Waals surface area (Å²) in [5.41, 5.74) is 1.91. The minimum absolute atomic E-state index is 0.0325. The average molecular weight is 259 g/mol. The number of furan rings is 1. The predicted molar refractivity (Wildman–Crippen MR) is 77.7 cm³/mol. The van der Waals surface area contributed by atoms with Crippen LogP contribution < -0.4 is 5.32 Å². The van der Waals surface area contributed by atoms with Crippen LogP contribution in [0.4, 0.5) is 0 Å². The summed E-state index contributed by atoms with van der Waals surface area (Å²) >= 11 is 0. The third-order valence-electron chi connectivity index (χ3n) is 3.02. The Morgan fingerprint density at radius 2 is 2.05 bits per heavy atom. The molecule has 2 aromatic rings. The Morgan fingerprint density at radius 1 is 1.32 bits per heavy atom. The van der Waals surface area contributed by atoms with Crippen LogP contribution in [-0.2, 0) is 0 Å². The van der Waals surface area contributed by atoms with E-state index in [0.717, 1.165) is 16.5 Å². The molecule has 0 bridgehead atoms. The second-order valence-electron chi connectivity index (χ2n) is 5.95. The number of ketones is 1. The van der Waals surface area contributed by atoms with Crippen LogP contribution in [-0.4, -0.2) is 17.9 Å². The number of rotatable bonds is 4. The van der Waals surface area contributed by atoms with Gasteiger partial charge in [-0.25, -0.2) is 0 Å². The molecule has 0 unspecified atom stereocenters. The van der Waals surface area contributed by atoms with Crippen molar-refractivity contribution in [3.8, 4) is 0 Å². The van der Waals surface area contributed by atoms with Crippen molar-refractivity contribution in [2.75, 3.05) is 6.54 Å². The standard InChI is InChI=1S/C16H21NO2/c1-11-6-5-7-12-10-14(19-15(11)12)13(18)8-9-17-16(2,3)4/h5-7,10,17H,8-9H2,1-4H3. The number of benzene rings is 1. The molecule has 1 aromatic carbocycles. The molecule has 1 heterocycles. The summed E-state index contributed by atoms with van der Waals surface area (Å²) in [7, 11) is 0. The van der Waals surface area contributed by atoms with E-state index >= 15 is 0 Å². The summed E-state index contributed by atoms with van der Waals surface area (Å²) in [6.07, 6.45) is 0.455. The summed E-state index contributed by atoms with van der Waals surface area (Å²) in [6.45, 7) is 8.91. The molecular weight excluding hydrogens is 238 g/mol. The number of fused-ring (bicyclic) bond motifs is 1. The van der Waals surface area contributed by atoms with Gasteiger partial charge in [0.2, 0.25) is 0 Å². The number of hydrogen-bond acceptors (Lipinski definition) is 3. The fourth-order valence-electron chi connectivity index (χ4n) is 2.02. The van der Waals surface area contributed by atoms with E-state index in [2.05, 4.69) is 26.1 Å². The molecule has 1 N–H and O–H groups in total. The molecule has 3 nitrogen and oxygen atoms in total. The quantitative estimate of drug-likeness (QED) is 0.851. The third kappa shape index (κ3) is 3.44. The first kappa shape index (κ1) is 13.8. The molecule has 0 aliphatic heterocycles. The fourth-order valence-corrected chi connectivity index (χ4v) is 2.02. The number of para-hydroxylation sites is 1. The van der Waals surface area contributed by atoms with Gasteiger partial charge in [0.05, 0.1) is 0 Å². The molecule has 0 saturated carbocycles. The maximum absolute atomic E-state index is 12.1. The van der Waals surface area contributed by atoms with Gasteiger partial charge in [-0.1, -0.05) is 18.2 Å². The number of Topliss-reactive ketones (excluding diaryl/α,β-unsaturated/α-hetero) is 1. The molecule has 0 saturated heterocycles. The Balaban J connectivity index is 2.08. The van der Waals surface area contributed by atoms with Crippen molar-refractivity contribution in [3.63, 3.8) is 0 Å². The largest absolute Gasteiger partial charge is 0.453 e. The topological polar surface area (TPSA) is 42.2 Å². The summed E-state index contributed by atoms with van der Waals surface area (Å²) < 4.78 is 5.67. The van der Waals surface area contributed by atoms with E-state index in [4.69, 9.17) is 4.42 Å². The first-order valence-electron chi connectivity index (χ1n) is 6.64. The maximum atomic E-state index is 12.1. The van der Waals surface area contributed by atoms with Crippen molar-refractivity contribution >= 4 is 16.8 Å². The highest BCUT2D eigenvalue weighted by atomic mass is 16.3. The van der Waals surface area contributed by atoms with Crippen LogP contribution in [0.2, 0.25) is 0 Å². The van der Waals surface area contributed by atoms with Crippen molar-refractivity contribution in [3.05, 3.63) is 35.6 Å². The third-order valence-corrected chi connectivity index (χ3v) is 3.02. The van der Waals surface area contributed by atoms with Crippen LogP contribution >= 0.6 is 0 Å². The Bertz CT molecular complexity index is 590. The van der Waals surface area contributed by atoms with Crippen molar-refractivity contribution in [1.82, 2.24) is 5.32 Å². The average Bonchev–Trinajstić information content (AvgIpc) is 2.72. The van der Waals surface area contributed by atoms with Crippen LogP contribution in [0.3, 0.4) is 0 Å². The lowest BCUT2D eigenvalue weighted by Gasteiger charge is -2.19. The van der Waals surface area contributed by atoms with Crippen LogP contribution in [0.25, 0.3) is 11.0 Å². The van der Waals surface area contributed by atoms with Crippen molar-refractivity contribution in [2.45, 2.75) is 39.7 Å². The smallest absolute Gasteiger partial charge is 0.199 e. The Kier molecular flexibility index (Phi) is 3.76. The predicted octanol–water partition coefficient (Wildman–Crippen LogP) is 3.70. The summed E-state index contributed by atoms with van der Waals surface area (Å²) in [4.78, 5) is 12.1. The molecule has 1 aromatic heterocycles. The van der Waals surface area contributed by atoms with Crippen LogP contribution in [0.5, 0.6) is 0 Å². The maximum Gasteiger partial charge on any atom is 0.199 e. The summed E-state index contributed by atoms with van der Waals surface area (Å²) in [6, 6.07) is 7.77. The number of hydrogen-bond donors (Lipinski definition) is 1. The minimum Gasteiger partial charge on any atom is -0.453 e. The molecule has 0 aliphatic rings. The number of carbonyl (C=O) groups is 1. The van der Waals surface area contributed by atoms with Gasteiger partial charge < -0.3 is 9.73 Å². The van der Waals surface area contributed by atoms with Gasteiger partial charge in [-0.3, -0.25) is 4.79 Å². The van der Waals surface area contributed by atoms with E-state index in [1.807, 2.05) is 31.2 Å². The van der Waals surface area contributed by atoms with Crippen molar-refractivity contribution < 1.29 is 9.21 Å². The van der Waals surface area contributed by atoms with E-state index in [0.29, 0.717) is 18.7 Å². The highest BCUT2D eigenvalue weighted by molar-refractivity contribution is 5.98. The molecule has 2 rings (SSSR count). The zero-order valence-electron chi connectivity index (χ0n) is 12.0. The zero-order chi connectivity index (χ0) is 14.0. The van der Waals surface area contributed by atoms with Crippen LogP contribution in [0.15, 0.2) is 28.7 Å². The second kappa shape index (κ2) is 5.17. The zero-order valence-corrected chi connectivity index (χ0v) is 12.0.